The molecule has 0 radical (unpaired) electrons. The van der Waals surface area contributed by atoms with Crippen molar-refractivity contribution in [1.82, 2.24) is 4.90 Å². The van der Waals surface area contributed by atoms with E-state index in [4.69, 9.17) is 0 Å². The lowest BCUT2D eigenvalue weighted by Gasteiger charge is -2.15. The van der Waals surface area contributed by atoms with E-state index in [9.17, 15) is 9.59 Å². The Morgan fingerprint density at radius 2 is 1.54 bits per heavy atom. The lowest BCUT2D eigenvalue weighted by molar-refractivity contribution is -0.119. The summed E-state index contributed by atoms with van der Waals surface area (Å²) in [5.74, 6) is -0.129. The first-order valence-electron chi connectivity index (χ1n) is 7.95. The van der Waals surface area contributed by atoms with E-state index in [2.05, 4.69) is 10.2 Å². The molecule has 0 bridgehead atoms. The van der Waals surface area contributed by atoms with Gasteiger partial charge in [0.25, 0.3) is 5.91 Å². The highest BCUT2D eigenvalue weighted by Crippen LogP contribution is 2.32. The summed E-state index contributed by atoms with van der Waals surface area (Å²) in [7, 11) is 0. The molecule has 0 spiro atoms. The van der Waals surface area contributed by atoms with E-state index in [1.807, 2.05) is 30.3 Å². The maximum atomic E-state index is 12.4. The Morgan fingerprint density at radius 3 is 2.21 bits per heavy atom. The lowest BCUT2D eigenvalue weighted by atomic mass is 10.2. The van der Waals surface area contributed by atoms with Crippen molar-refractivity contribution in [2.24, 2.45) is 10.2 Å². The van der Waals surface area contributed by atoms with Crippen molar-refractivity contribution < 1.29 is 9.59 Å². The molecule has 6 nitrogen and oxygen atoms in total. The molecule has 2 aromatic carbocycles. The van der Waals surface area contributed by atoms with Gasteiger partial charge in [-0.25, -0.2) is 9.69 Å². The minimum Gasteiger partial charge on any atom is -0.312 e. The van der Waals surface area contributed by atoms with Crippen molar-refractivity contribution >= 4 is 29.0 Å². The minimum atomic E-state index is -0.282. The van der Waals surface area contributed by atoms with E-state index in [0.29, 0.717) is 17.9 Å². The molecule has 2 heterocycles. The zero-order chi connectivity index (χ0) is 16.5. The van der Waals surface area contributed by atoms with Crippen molar-refractivity contribution in [3.63, 3.8) is 0 Å². The Hall–Kier alpha value is -3.02. The van der Waals surface area contributed by atoms with Gasteiger partial charge < -0.3 is 4.90 Å². The Morgan fingerprint density at radius 1 is 0.875 bits per heavy atom. The third kappa shape index (κ3) is 2.46. The van der Waals surface area contributed by atoms with Crippen molar-refractivity contribution in [3.8, 4) is 0 Å². The van der Waals surface area contributed by atoms with Crippen LogP contribution in [0.1, 0.15) is 12.8 Å². The Bertz CT molecular complexity index is 780. The molecule has 1 atom stereocenters. The fraction of sp³-hybridized carbons (Fsp3) is 0.222. The first-order chi connectivity index (χ1) is 11.7. The topological polar surface area (TPSA) is 65.3 Å². The summed E-state index contributed by atoms with van der Waals surface area (Å²) < 4.78 is 0. The number of hydrogen-bond acceptors (Lipinski definition) is 4. The summed E-state index contributed by atoms with van der Waals surface area (Å²) in [4.78, 5) is 27.7. The monoisotopic (exact) mass is 320 g/mol. The van der Waals surface area contributed by atoms with Gasteiger partial charge in [0, 0.05) is 6.54 Å². The van der Waals surface area contributed by atoms with Crippen LogP contribution < -0.4 is 4.90 Å². The highest BCUT2D eigenvalue weighted by atomic mass is 16.2. The zero-order valence-corrected chi connectivity index (χ0v) is 13.0. The van der Waals surface area contributed by atoms with Crippen molar-refractivity contribution in [1.29, 1.82) is 0 Å². The average molecular weight is 320 g/mol. The lowest BCUT2D eigenvalue weighted by Crippen LogP contribution is -2.32. The molecule has 2 aromatic rings. The van der Waals surface area contributed by atoms with Crippen LogP contribution in [-0.4, -0.2) is 29.4 Å². The second-order valence-corrected chi connectivity index (χ2v) is 5.86. The third-order valence-electron chi connectivity index (χ3n) is 4.34. The first-order valence-corrected chi connectivity index (χ1v) is 7.95. The smallest absolute Gasteiger partial charge is 0.312 e. The zero-order valence-electron chi connectivity index (χ0n) is 13.0. The number of rotatable bonds is 3. The second kappa shape index (κ2) is 5.88. The highest BCUT2D eigenvalue weighted by molar-refractivity contribution is 6.21. The van der Waals surface area contributed by atoms with Crippen LogP contribution in [0.4, 0.5) is 21.9 Å². The molecule has 0 aliphatic carbocycles. The predicted molar refractivity (Wildman–Crippen MR) is 89.7 cm³/mol. The SMILES string of the molecule is O=C1[C@@H]2CCCN2C(=O)N1c1ccc(N=Nc2ccccc2)cc1. The minimum absolute atomic E-state index is 0.129. The largest absolute Gasteiger partial charge is 0.332 e. The molecule has 0 unspecified atom stereocenters. The normalized spacial score (nSPS) is 20.2. The summed E-state index contributed by atoms with van der Waals surface area (Å²) in [5, 5.41) is 8.32. The van der Waals surface area contributed by atoms with Gasteiger partial charge in [-0.05, 0) is 49.2 Å². The van der Waals surface area contributed by atoms with Gasteiger partial charge in [0.1, 0.15) is 6.04 Å². The number of anilines is 1. The van der Waals surface area contributed by atoms with Crippen LogP contribution in [0.2, 0.25) is 0 Å². The third-order valence-corrected chi connectivity index (χ3v) is 4.34. The van der Waals surface area contributed by atoms with Gasteiger partial charge >= 0.3 is 6.03 Å². The number of nitrogens with zero attached hydrogens (tertiary/aromatic N) is 4. The van der Waals surface area contributed by atoms with Gasteiger partial charge in [0.05, 0.1) is 17.1 Å². The van der Waals surface area contributed by atoms with Gasteiger partial charge in [-0.3, -0.25) is 4.79 Å². The summed E-state index contributed by atoms with van der Waals surface area (Å²) >= 11 is 0. The standard InChI is InChI=1S/C18H16N4O2/c23-17-16-7-4-12-21(16)18(24)22(17)15-10-8-14(9-11-15)20-19-13-5-2-1-3-6-13/h1-3,5-6,8-11,16H,4,7,12H2/t16-/m0/s1. The summed E-state index contributed by atoms with van der Waals surface area (Å²) in [6.45, 7) is 0.662. The van der Waals surface area contributed by atoms with Gasteiger partial charge in [0.15, 0.2) is 0 Å². The van der Waals surface area contributed by atoms with Gasteiger partial charge in [-0.15, -0.1) is 0 Å². The number of fused-ring (bicyclic) bond motifs is 1. The van der Waals surface area contributed by atoms with Gasteiger partial charge in [-0.1, -0.05) is 18.2 Å². The van der Waals surface area contributed by atoms with Crippen molar-refractivity contribution in [2.45, 2.75) is 18.9 Å². The number of urea groups is 1. The van der Waals surface area contributed by atoms with E-state index in [1.165, 1.54) is 4.90 Å². The quantitative estimate of drug-likeness (QED) is 0.633. The fourth-order valence-electron chi connectivity index (χ4n) is 3.14. The number of hydrogen-bond donors (Lipinski definition) is 0. The van der Waals surface area contributed by atoms with Gasteiger partial charge in [0.2, 0.25) is 0 Å². The van der Waals surface area contributed by atoms with E-state index >= 15 is 0 Å². The van der Waals surface area contributed by atoms with Crippen LogP contribution in [0, 0.1) is 0 Å². The van der Waals surface area contributed by atoms with E-state index in [0.717, 1.165) is 18.5 Å². The van der Waals surface area contributed by atoms with E-state index in [-0.39, 0.29) is 18.0 Å². The fourth-order valence-corrected chi connectivity index (χ4v) is 3.14. The van der Waals surface area contributed by atoms with Crippen LogP contribution in [0.5, 0.6) is 0 Å². The maximum absolute atomic E-state index is 12.4. The molecule has 2 aliphatic rings. The predicted octanol–water partition coefficient (Wildman–Crippen LogP) is 4.03. The Labute approximate surface area is 139 Å². The average Bonchev–Trinajstić information content (AvgIpc) is 3.19. The summed E-state index contributed by atoms with van der Waals surface area (Å²) in [6, 6.07) is 15.9. The van der Waals surface area contributed by atoms with Crippen molar-refractivity contribution in [2.75, 3.05) is 11.4 Å². The molecule has 0 aromatic heterocycles. The number of amides is 3. The summed E-state index contributed by atoms with van der Waals surface area (Å²) in [6.07, 6.45) is 1.65. The number of carbonyl (C=O) groups excluding carboxylic acids is 2. The van der Waals surface area contributed by atoms with Gasteiger partial charge in [-0.2, -0.15) is 10.2 Å². The van der Waals surface area contributed by atoms with E-state index < -0.39 is 0 Å². The number of imide groups is 1. The van der Waals surface area contributed by atoms with Crippen molar-refractivity contribution in [3.05, 3.63) is 54.6 Å². The molecule has 2 saturated heterocycles. The van der Waals surface area contributed by atoms with Crippen LogP contribution in [-0.2, 0) is 4.79 Å². The first kappa shape index (κ1) is 14.6. The van der Waals surface area contributed by atoms with Crippen LogP contribution >= 0.6 is 0 Å². The highest BCUT2D eigenvalue weighted by Gasteiger charge is 2.47. The molecule has 2 aliphatic heterocycles. The molecular weight excluding hydrogens is 304 g/mol. The number of benzene rings is 2. The Balaban J connectivity index is 1.53. The molecule has 6 heteroatoms. The number of azo groups is 1. The molecule has 120 valence electrons. The molecule has 4 rings (SSSR count). The molecule has 0 N–H and O–H groups in total. The second-order valence-electron chi connectivity index (χ2n) is 5.86. The van der Waals surface area contributed by atoms with E-state index in [1.54, 1.807) is 29.2 Å². The maximum Gasteiger partial charge on any atom is 0.332 e. The molecule has 3 amide bonds. The molecule has 2 fully saturated rings. The number of carbonyl (C=O) groups is 2. The summed E-state index contributed by atoms with van der Waals surface area (Å²) in [5.41, 5.74) is 2.02. The Kier molecular flexibility index (Phi) is 3.57. The molecular formula is C18H16N4O2. The van der Waals surface area contributed by atoms with Crippen LogP contribution in [0.25, 0.3) is 0 Å². The molecule has 0 saturated carbocycles. The van der Waals surface area contributed by atoms with Crippen LogP contribution in [0.3, 0.4) is 0 Å². The molecule has 24 heavy (non-hydrogen) atoms. The van der Waals surface area contributed by atoms with Crippen LogP contribution in [0.15, 0.2) is 64.8 Å².